The Bertz CT molecular complexity index is 2370. The van der Waals surface area contributed by atoms with Gasteiger partial charge in [-0.2, -0.15) is 13.2 Å². The molecule has 11 nitrogen and oxygen atoms in total. The van der Waals surface area contributed by atoms with Gasteiger partial charge in [-0.3, -0.25) is 14.6 Å². The number of amides is 1. The smallest absolute Gasteiger partial charge is 0.380 e. The first-order chi connectivity index (χ1) is 30.2. The van der Waals surface area contributed by atoms with Crippen molar-refractivity contribution in [2.75, 3.05) is 81.5 Å². The van der Waals surface area contributed by atoms with Crippen molar-refractivity contribution in [2.45, 2.75) is 64.3 Å². The number of sulfonamides is 1. The molecule has 0 aromatic heterocycles. The number of benzene rings is 4. The summed E-state index contributed by atoms with van der Waals surface area (Å²) >= 11 is 7.61. The highest BCUT2D eigenvalue weighted by molar-refractivity contribution is 7.99. The van der Waals surface area contributed by atoms with E-state index < -0.39 is 52.8 Å². The molecule has 1 amide bonds. The van der Waals surface area contributed by atoms with Gasteiger partial charge < -0.3 is 15.0 Å². The van der Waals surface area contributed by atoms with Crippen LogP contribution in [-0.4, -0.2) is 115 Å². The molecule has 0 radical (unpaired) electrons. The van der Waals surface area contributed by atoms with Crippen molar-refractivity contribution in [2.24, 2.45) is 5.92 Å². The first-order valence-electron chi connectivity index (χ1n) is 21.3. The summed E-state index contributed by atoms with van der Waals surface area (Å²) in [5.74, 6) is 0.425. The predicted molar refractivity (Wildman–Crippen MR) is 242 cm³/mol. The maximum Gasteiger partial charge on any atom is 0.501 e. The van der Waals surface area contributed by atoms with Crippen molar-refractivity contribution in [3.63, 3.8) is 0 Å². The molecular formula is C45H53ClF3N5O6S3. The van der Waals surface area contributed by atoms with Crippen LogP contribution in [0.3, 0.4) is 0 Å². The number of carbonyl (C=O) groups is 1. The van der Waals surface area contributed by atoms with E-state index in [1.807, 2.05) is 47.2 Å². The standard InChI is InChI=1S/C45H53ClF3N5O6S3/c46-36-14-10-33(11-15-36)41-9-5-4-6-35(41)31-53-22-24-54(25-23-53)38-16-12-34(13-17-38)44(55)51-63(58,59)40-18-19-42(43(30-40)62(56,57)45(47,48)49)50-37(20-21-52-26-28-60-29-27-52)32-61-39-7-2-1-3-8-39/h1-3,7-8,10-19,30,35,37,41,50H,4-6,9,20-29,31-32H2,(H,51,55)/t35-,37+,41+/m0/s1. The summed E-state index contributed by atoms with van der Waals surface area (Å²) in [5, 5.41) is 3.73. The minimum atomic E-state index is -6.05. The number of piperazine rings is 1. The van der Waals surface area contributed by atoms with Crippen LogP contribution in [0.4, 0.5) is 24.5 Å². The van der Waals surface area contributed by atoms with Gasteiger partial charge in [-0.05, 0) is 103 Å². The zero-order valence-corrected chi connectivity index (χ0v) is 38.0. The van der Waals surface area contributed by atoms with Crippen molar-refractivity contribution < 1.29 is 39.5 Å². The lowest BCUT2D eigenvalue weighted by Crippen LogP contribution is -2.48. The number of anilines is 2. The van der Waals surface area contributed by atoms with Gasteiger partial charge in [-0.1, -0.05) is 54.8 Å². The highest BCUT2D eigenvalue weighted by Crippen LogP contribution is 2.39. The van der Waals surface area contributed by atoms with Crippen molar-refractivity contribution in [1.82, 2.24) is 14.5 Å². The molecule has 0 unspecified atom stereocenters. The highest BCUT2D eigenvalue weighted by Gasteiger charge is 2.48. The highest BCUT2D eigenvalue weighted by atomic mass is 35.5. The molecule has 3 fully saturated rings. The summed E-state index contributed by atoms with van der Waals surface area (Å²) in [7, 11) is -10.9. The zero-order chi connectivity index (χ0) is 44.6. The van der Waals surface area contributed by atoms with E-state index in [-0.39, 0.29) is 5.56 Å². The number of carbonyl (C=O) groups excluding carboxylic acids is 1. The molecule has 1 saturated carbocycles. The topological polar surface area (TPSA) is 128 Å². The zero-order valence-electron chi connectivity index (χ0n) is 34.8. The largest absolute Gasteiger partial charge is 0.501 e. The first-order valence-corrected chi connectivity index (χ1v) is 25.6. The molecule has 4 aromatic rings. The van der Waals surface area contributed by atoms with Gasteiger partial charge in [0.15, 0.2) is 0 Å². The molecule has 18 heteroatoms. The van der Waals surface area contributed by atoms with Gasteiger partial charge in [0, 0.05) is 85.3 Å². The van der Waals surface area contributed by atoms with Crippen LogP contribution in [-0.2, 0) is 24.6 Å². The van der Waals surface area contributed by atoms with E-state index in [1.165, 1.54) is 55.1 Å². The predicted octanol–water partition coefficient (Wildman–Crippen LogP) is 8.14. The fraction of sp³-hybridized carbons (Fsp3) is 0.444. The van der Waals surface area contributed by atoms with Crippen molar-refractivity contribution in [3.05, 3.63) is 113 Å². The number of hydrogen-bond acceptors (Lipinski definition) is 11. The monoisotopic (exact) mass is 947 g/mol. The van der Waals surface area contributed by atoms with E-state index >= 15 is 0 Å². The molecule has 2 N–H and O–H groups in total. The van der Waals surface area contributed by atoms with E-state index in [2.05, 4.69) is 32.1 Å². The molecular weight excluding hydrogens is 895 g/mol. The van der Waals surface area contributed by atoms with Crippen molar-refractivity contribution in [3.8, 4) is 0 Å². The van der Waals surface area contributed by atoms with Gasteiger partial charge in [-0.25, -0.2) is 21.6 Å². The molecule has 2 aliphatic heterocycles. The van der Waals surface area contributed by atoms with Crippen LogP contribution < -0.4 is 14.9 Å². The molecule has 0 spiro atoms. The van der Waals surface area contributed by atoms with Crippen LogP contribution in [0.5, 0.6) is 0 Å². The number of rotatable bonds is 16. The first kappa shape index (κ1) is 47.1. The average Bonchev–Trinajstić information content (AvgIpc) is 3.28. The SMILES string of the molecule is O=C(NS(=O)(=O)c1ccc(N[C@H](CCN2CCOCC2)CSc2ccccc2)c(S(=O)(=O)C(F)(F)F)c1)c1ccc(N2CCN(C[C@@H]3CCCC[C@@H]3c3ccc(Cl)cc3)CC2)cc1. The molecule has 7 rings (SSSR count). The molecule has 340 valence electrons. The van der Waals surface area contributed by atoms with Gasteiger partial charge in [0.1, 0.15) is 4.90 Å². The van der Waals surface area contributed by atoms with Gasteiger partial charge in [0.2, 0.25) is 0 Å². The van der Waals surface area contributed by atoms with Gasteiger partial charge in [0.25, 0.3) is 25.8 Å². The minimum absolute atomic E-state index is 0.00644. The second-order valence-electron chi connectivity index (χ2n) is 16.3. The second kappa shape index (κ2) is 21.0. The number of halogens is 4. The van der Waals surface area contributed by atoms with Crippen LogP contribution in [0.15, 0.2) is 112 Å². The number of ether oxygens (including phenoxy) is 1. The number of thioether (sulfide) groups is 1. The lowest BCUT2D eigenvalue weighted by Gasteiger charge is -2.40. The summed E-state index contributed by atoms with van der Waals surface area (Å²) in [6.45, 7) is 7.32. The van der Waals surface area contributed by atoms with E-state index in [0.29, 0.717) is 62.9 Å². The molecule has 1 aliphatic carbocycles. The number of nitrogens with zero attached hydrogens (tertiary/aromatic N) is 3. The Morgan fingerprint density at radius 1 is 0.825 bits per heavy atom. The van der Waals surface area contributed by atoms with E-state index in [0.717, 1.165) is 60.5 Å². The Morgan fingerprint density at radius 3 is 2.19 bits per heavy atom. The maximum atomic E-state index is 14.2. The van der Waals surface area contributed by atoms with Gasteiger partial charge >= 0.3 is 5.51 Å². The number of morpholine rings is 1. The summed E-state index contributed by atoms with van der Waals surface area (Å²) in [5.41, 5.74) is -3.92. The summed E-state index contributed by atoms with van der Waals surface area (Å²) in [6.07, 6.45) is 5.26. The van der Waals surface area contributed by atoms with Gasteiger partial charge in [0.05, 0.1) is 23.8 Å². The number of hydrogen-bond donors (Lipinski definition) is 2. The third-order valence-electron chi connectivity index (χ3n) is 12.1. The second-order valence-corrected chi connectivity index (χ2v) is 21.4. The number of nitrogens with one attached hydrogen (secondary N) is 2. The molecule has 2 saturated heterocycles. The van der Waals surface area contributed by atoms with E-state index in [1.54, 1.807) is 12.1 Å². The summed E-state index contributed by atoms with van der Waals surface area (Å²) in [6, 6.07) is 26.0. The van der Waals surface area contributed by atoms with Crippen molar-refractivity contribution in [1.29, 1.82) is 0 Å². The van der Waals surface area contributed by atoms with Crippen LogP contribution >= 0.6 is 23.4 Å². The molecule has 3 aliphatic rings. The molecule has 2 heterocycles. The number of alkyl halides is 3. The molecule has 63 heavy (non-hydrogen) atoms. The third kappa shape index (κ3) is 12.3. The van der Waals surface area contributed by atoms with Gasteiger partial charge in [-0.15, -0.1) is 11.8 Å². The number of sulfone groups is 1. The molecule has 4 aromatic carbocycles. The maximum absolute atomic E-state index is 14.2. The van der Waals surface area contributed by atoms with E-state index in [9.17, 15) is 34.8 Å². The Kier molecular flexibility index (Phi) is 15.7. The lowest BCUT2D eigenvalue weighted by atomic mass is 9.75. The molecule has 0 bridgehead atoms. The Balaban J connectivity index is 1.00. The Labute approximate surface area is 377 Å². The molecule has 3 atom stereocenters. The summed E-state index contributed by atoms with van der Waals surface area (Å²) in [4.78, 5) is 19.0. The van der Waals surface area contributed by atoms with Crippen LogP contribution in [0.25, 0.3) is 0 Å². The lowest BCUT2D eigenvalue weighted by molar-refractivity contribution is -0.0435. The third-order valence-corrected chi connectivity index (χ3v) is 16.4. The fourth-order valence-electron chi connectivity index (χ4n) is 8.59. The Hall–Kier alpha value is -3.84. The quantitative estimate of drug-likeness (QED) is 0.106. The Morgan fingerprint density at radius 2 is 1.51 bits per heavy atom. The summed E-state index contributed by atoms with van der Waals surface area (Å²) < 4.78 is 103. The normalized spacial score (nSPS) is 20.0. The van der Waals surface area contributed by atoms with Crippen LogP contribution in [0, 0.1) is 5.92 Å². The van der Waals surface area contributed by atoms with Crippen molar-refractivity contribution >= 4 is 60.5 Å². The average molecular weight is 949 g/mol. The van der Waals surface area contributed by atoms with Crippen LogP contribution in [0.2, 0.25) is 5.02 Å². The minimum Gasteiger partial charge on any atom is -0.380 e. The van der Waals surface area contributed by atoms with Crippen LogP contribution in [0.1, 0.15) is 53.9 Å². The fourth-order valence-corrected chi connectivity index (χ4v) is 11.7. The van der Waals surface area contributed by atoms with E-state index in [4.69, 9.17) is 16.3 Å².